The first-order chi connectivity index (χ1) is 12.0. The van der Waals surface area contributed by atoms with Gasteiger partial charge in [-0.15, -0.1) is 24.0 Å². The number of guanidine groups is 1. The molecule has 1 aliphatic heterocycles. The summed E-state index contributed by atoms with van der Waals surface area (Å²) in [6.07, 6.45) is 1.57. The molecule has 2 N–H and O–H groups in total. The Labute approximate surface area is 173 Å². The van der Waals surface area contributed by atoms with Gasteiger partial charge >= 0.3 is 5.97 Å². The predicted molar refractivity (Wildman–Crippen MR) is 114 cm³/mol. The van der Waals surface area contributed by atoms with E-state index in [2.05, 4.69) is 10.2 Å². The molecular weight excluding hydrogens is 445 g/mol. The lowest BCUT2D eigenvalue weighted by molar-refractivity contribution is -0.146. The van der Waals surface area contributed by atoms with Crippen LogP contribution in [-0.4, -0.2) is 48.7 Å². The van der Waals surface area contributed by atoms with Crippen LogP contribution in [0.3, 0.4) is 0 Å². The fourth-order valence-electron chi connectivity index (χ4n) is 3.22. The van der Waals surface area contributed by atoms with Gasteiger partial charge in [0.15, 0.2) is 5.96 Å². The summed E-state index contributed by atoms with van der Waals surface area (Å²) in [6, 6.07) is 3.94. The van der Waals surface area contributed by atoms with Crippen molar-refractivity contribution in [3.05, 3.63) is 28.8 Å². The van der Waals surface area contributed by atoms with Gasteiger partial charge in [0.25, 0.3) is 0 Å². The average molecular weight is 475 g/mol. The zero-order chi connectivity index (χ0) is 18.4. The number of likely N-dealkylation sites (tertiary alicyclic amines) is 1. The summed E-state index contributed by atoms with van der Waals surface area (Å²) >= 11 is 0. The summed E-state index contributed by atoms with van der Waals surface area (Å²) in [5.74, 6) is 1.10. The topological polar surface area (TPSA) is 74.2 Å². The third-order valence-corrected chi connectivity index (χ3v) is 4.63. The molecule has 0 bridgehead atoms. The number of phenols is 1. The Morgan fingerprint density at radius 2 is 1.88 bits per heavy atom. The Bertz CT molecular complexity index is 618. The van der Waals surface area contributed by atoms with Crippen LogP contribution in [-0.2, 0) is 16.1 Å². The number of hydrogen-bond donors (Lipinski definition) is 2. The smallest absolute Gasteiger partial charge is 0.308 e. The Hall–Kier alpha value is -1.51. The van der Waals surface area contributed by atoms with Crippen molar-refractivity contribution in [2.75, 3.05) is 26.7 Å². The van der Waals surface area contributed by atoms with E-state index in [0.29, 0.717) is 12.3 Å². The Morgan fingerprint density at radius 3 is 2.38 bits per heavy atom. The van der Waals surface area contributed by atoms with Gasteiger partial charge in [-0.05, 0) is 50.3 Å². The van der Waals surface area contributed by atoms with Gasteiger partial charge in [0.2, 0.25) is 0 Å². The average Bonchev–Trinajstić information content (AvgIpc) is 2.62. The highest BCUT2D eigenvalue weighted by molar-refractivity contribution is 14.0. The van der Waals surface area contributed by atoms with E-state index in [1.807, 2.05) is 32.9 Å². The van der Waals surface area contributed by atoms with Crippen molar-refractivity contribution >= 4 is 35.9 Å². The highest BCUT2D eigenvalue weighted by Crippen LogP contribution is 2.23. The maximum absolute atomic E-state index is 11.7. The summed E-state index contributed by atoms with van der Waals surface area (Å²) in [5, 5.41) is 13.2. The van der Waals surface area contributed by atoms with Gasteiger partial charge < -0.3 is 20.1 Å². The zero-order valence-corrected chi connectivity index (χ0v) is 18.4. The maximum atomic E-state index is 11.7. The molecule has 2 rings (SSSR count). The van der Waals surface area contributed by atoms with Crippen molar-refractivity contribution < 1.29 is 14.6 Å². The summed E-state index contributed by atoms with van der Waals surface area (Å²) in [4.78, 5) is 18.6. The molecule has 1 aliphatic rings. The lowest BCUT2D eigenvalue weighted by Crippen LogP contribution is -2.46. The van der Waals surface area contributed by atoms with Gasteiger partial charge in [0, 0.05) is 19.6 Å². The van der Waals surface area contributed by atoms with Crippen LogP contribution in [0.4, 0.5) is 0 Å². The number of aryl methyl sites for hydroxylation is 2. The lowest BCUT2D eigenvalue weighted by Gasteiger charge is -2.33. The second-order valence-electron chi connectivity index (χ2n) is 6.53. The number of phenolic OH excluding ortho intramolecular Hbond substituents is 1. The largest absolute Gasteiger partial charge is 0.507 e. The molecule has 0 atom stereocenters. The van der Waals surface area contributed by atoms with Crippen molar-refractivity contribution in [3.63, 3.8) is 0 Å². The number of nitrogens with one attached hydrogen (secondary N) is 1. The van der Waals surface area contributed by atoms with Gasteiger partial charge in [-0.2, -0.15) is 0 Å². The van der Waals surface area contributed by atoms with Crippen molar-refractivity contribution in [2.24, 2.45) is 10.9 Å². The van der Waals surface area contributed by atoms with Crippen molar-refractivity contribution in [1.29, 1.82) is 0 Å². The highest BCUT2D eigenvalue weighted by atomic mass is 127. The fraction of sp³-hybridized carbons (Fsp3) is 0.579. The molecule has 1 aromatic rings. The minimum atomic E-state index is -0.114. The number of aromatic hydroxyl groups is 1. The molecule has 26 heavy (non-hydrogen) atoms. The van der Waals surface area contributed by atoms with Crippen LogP contribution in [0.25, 0.3) is 0 Å². The Balaban J connectivity index is 0.00000338. The number of aliphatic imine (C=N–C) groups is 1. The van der Waals surface area contributed by atoms with Crippen LogP contribution in [0.15, 0.2) is 17.1 Å². The number of esters is 1. The number of nitrogens with zero attached hydrogens (tertiary/aromatic N) is 2. The molecule has 1 aromatic carbocycles. The van der Waals surface area contributed by atoms with E-state index in [4.69, 9.17) is 9.73 Å². The van der Waals surface area contributed by atoms with Gasteiger partial charge in [-0.3, -0.25) is 4.79 Å². The van der Waals surface area contributed by atoms with Gasteiger partial charge in [0.05, 0.1) is 19.6 Å². The number of benzene rings is 1. The Kier molecular flexibility index (Phi) is 9.18. The zero-order valence-electron chi connectivity index (χ0n) is 16.0. The van der Waals surface area contributed by atoms with Crippen LogP contribution in [0.5, 0.6) is 5.75 Å². The van der Waals surface area contributed by atoms with E-state index in [9.17, 15) is 9.90 Å². The number of hydrogen-bond acceptors (Lipinski definition) is 4. The van der Waals surface area contributed by atoms with Crippen molar-refractivity contribution in [1.82, 2.24) is 10.2 Å². The normalized spacial score (nSPS) is 15.4. The third-order valence-electron chi connectivity index (χ3n) is 4.63. The number of carbonyl (C=O) groups is 1. The highest BCUT2D eigenvalue weighted by Gasteiger charge is 2.26. The second kappa shape index (κ2) is 10.6. The number of carbonyl (C=O) groups excluding carboxylic acids is 1. The molecule has 0 saturated carbocycles. The minimum absolute atomic E-state index is 0. The lowest BCUT2D eigenvalue weighted by atomic mass is 9.97. The third kappa shape index (κ3) is 5.75. The van der Waals surface area contributed by atoms with E-state index < -0.39 is 0 Å². The standard InChI is InChI=1S/C19H29N3O3.HI/c1-5-20-19(22-8-6-16(7-9-22)18(24)25-4)21-12-15-10-13(2)17(23)14(3)11-15;/h10-11,16,23H,5-9,12H2,1-4H3,(H,20,21);1H. The first-order valence-corrected chi connectivity index (χ1v) is 8.86. The number of ether oxygens (including phenoxy) is 1. The van der Waals surface area contributed by atoms with Crippen LogP contribution in [0, 0.1) is 19.8 Å². The van der Waals surface area contributed by atoms with Gasteiger partial charge in [-0.1, -0.05) is 12.1 Å². The molecule has 146 valence electrons. The minimum Gasteiger partial charge on any atom is -0.507 e. The van der Waals surface area contributed by atoms with Crippen LogP contribution < -0.4 is 5.32 Å². The number of piperidine rings is 1. The summed E-state index contributed by atoms with van der Waals surface area (Å²) in [6.45, 7) is 8.78. The molecule has 0 amide bonds. The molecule has 0 spiro atoms. The number of halogens is 1. The van der Waals surface area contributed by atoms with E-state index in [1.54, 1.807) is 0 Å². The molecule has 0 aromatic heterocycles. The predicted octanol–water partition coefficient (Wildman–Crippen LogP) is 2.98. The summed E-state index contributed by atoms with van der Waals surface area (Å²) in [7, 11) is 1.45. The quantitative estimate of drug-likeness (QED) is 0.303. The molecule has 6 nitrogen and oxygen atoms in total. The van der Waals surface area contributed by atoms with Gasteiger partial charge in [0.1, 0.15) is 5.75 Å². The van der Waals surface area contributed by atoms with Crippen LogP contribution in [0.2, 0.25) is 0 Å². The molecule has 1 fully saturated rings. The molecule has 0 aliphatic carbocycles. The van der Waals surface area contributed by atoms with E-state index in [1.165, 1.54) is 7.11 Å². The molecule has 1 saturated heterocycles. The SMILES string of the molecule is CCNC(=NCc1cc(C)c(O)c(C)c1)N1CCC(C(=O)OC)CC1.I. The summed E-state index contributed by atoms with van der Waals surface area (Å²) < 4.78 is 4.85. The molecular formula is C19H30IN3O3. The van der Waals surface area contributed by atoms with E-state index >= 15 is 0 Å². The van der Waals surface area contributed by atoms with Crippen molar-refractivity contribution in [3.8, 4) is 5.75 Å². The molecule has 0 unspecified atom stereocenters. The maximum Gasteiger partial charge on any atom is 0.308 e. The molecule has 7 heteroatoms. The first kappa shape index (κ1) is 22.5. The summed E-state index contributed by atoms with van der Waals surface area (Å²) in [5.41, 5.74) is 2.82. The number of methoxy groups -OCH3 is 1. The first-order valence-electron chi connectivity index (χ1n) is 8.86. The second-order valence-corrected chi connectivity index (χ2v) is 6.53. The van der Waals surface area contributed by atoms with Crippen LogP contribution >= 0.6 is 24.0 Å². The van der Waals surface area contributed by atoms with E-state index in [0.717, 1.165) is 55.1 Å². The van der Waals surface area contributed by atoms with Gasteiger partial charge in [-0.25, -0.2) is 4.99 Å². The van der Waals surface area contributed by atoms with E-state index in [-0.39, 0.29) is 35.9 Å². The van der Waals surface area contributed by atoms with Crippen LogP contribution in [0.1, 0.15) is 36.5 Å². The Morgan fingerprint density at radius 1 is 1.31 bits per heavy atom. The van der Waals surface area contributed by atoms with Crippen molar-refractivity contribution in [2.45, 2.75) is 40.2 Å². The molecule has 0 radical (unpaired) electrons. The number of rotatable bonds is 4. The molecule has 1 heterocycles. The fourth-order valence-corrected chi connectivity index (χ4v) is 3.22. The monoisotopic (exact) mass is 475 g/mol.